The van der Waals surface area contributed by atoms with Crippen LogP contribution < -0.4 is 0 Å². The van der Waals surface area contributed by atoms with E-state index in [0.29, 0.717) is 11.3 Å². The summed E-state index contributed by atoms with van der Waals surface area (Å²) in [4.78, 5) is 4.68. The van der Waals surface area contributed by atoms with Crippen molar-refractivity contribution in [3.63, 3.8) is 0 Å². The molecule has 0 heterocycles. The van der Waals surface area contributed by atoms with Crippen LogP contribution in [0.2, 0.25) is 0 Å². The first kappa shape index (κ1) is 10.3. The Hall–Kier alpha value is -1.82. The van der Waals surface area contributed by atoms with Gasteiger partial charge in [-0.3, -0.25) is 0 Å². The molecule has 0 aliphatic heterocycles. The Bertz CT molecular complexity index is 402. The molecule has 0 bridgehead atoms. The van der Waals surface area contributed by atoms with Crippen LogP contribution in [0.25, 0.3) is 0 Å². The van der Waals surface area contributed by atoms with Crippen molar-refractivity contribution in [2.24, 2.45) is 5.16 Å². The normalized spacial score (nSPS) is 10.9. The van der Waals surface area contributed by atoms with Gasteiger partial charge in [0.1, 0.15) is 7.11 Å². The Kier molecular flexibility index (Phi) is 3.24. The zero-order valence-corrected chi connectivity index (χ0v) is 8.53. The molecule has 0 aliphatic rings. The SMILES string of the molecule is CON=C(C)c1cc(C)ccc1C#N. The van der Waals surface area contributed by atoms with Gasteiger partial charge in [-0.05, 0) is 26.0 Å². The second-order valence-corrected chi connectivity index (χ2v) is 3.02. The number of rotatable bonds is 2. The molecule has 0 fully saturated rings. The molecule has 72 valence electrons. The minimum atomic E-state index is 0.619. The molecule has 0 atom stereocenters. The third-order valence-corrected chi connectivity index (χ3v) is 1.91. The van der Waals surface area contributed by atoms with Crippen LogP contribution in [0, 0.1) is 18.3 Å². The summed E-state index contributed by atoms with van der Waals surface area (Å²) in [5.41, 5.74) is 3.26. The third-order valence-electron chi connectivity index (χ3n) is 1.91. The van der Waals surface area contributed by atoms with Gasteiger partial charge in [-0.15, -0.1) is 0 Å². The van der Waals surface area contributed by atoms with Gasteiger partial charge in [0.15, 0.2) is 0 Å². The van der Waals surface area contributed by atoms with E-state index in [1.54, 1.807) is 6.07 Å². The largest absolute Gasteiger partial charge is 0.399 e. The minimum absolute atomic E-state index is 0.619. The molecule has 0 N–H and O–H groups in total. The van der Waals surface area contributed by atoms with Gasteiger partial charge in [-0.1, -0.05) is 16.8 Å². The van der Waals surface area contributed by atoms with Crippen LogP contribution >= 0.6 is 0 Å². The van der Waals surface area contributed by atoms with Gasteiger partial charge in [0.05, 0.1) is 17.3 Å². The highest BCUT2D eigenvalue weighted by molar-refractivity contribution is 6.00. The Morgan fingerprint density at radius 3 is 2.79 bits per heavy atom. The van der Waals surface area contributed by atoms with E-state index in [1.807, 2.05) is 26.0 Å². The van der Waals surface area contributed by atoms with Crippen molar-refractivity contribution in [2.45, 2.75) is 13.8 Å². The summed E-state index contributed by atoms with van der Waals surface area (Å²) in [5.74, 6) is 0. The predicted molar refractivity (Wildman–Crippen MR) is 55.1 cm³/mol. The maximum Gasteiger partial charge on any atom is 0.106 e. The van der Waals surface area contributed by atoms with Gasteiger partial charge in [0.2, 0.25) is 0 Å². The summed E-state index contributed by atoms with van der Waals surface area (Å²) in [7, 11) is 1.49. The van der Waals surface area contributed by atoms with Crippen molar-refractivity contribution in [1.29, 1.82) is 5.26 Å². The predicted octanol–water partition coefficient (Wildman–Crippen LogP) is 2.24. The van der Waals surface area contributed by atoms with Crippen molar-refractivity contribution in [3.8, 4) is 6.07 Å². The van der Waals surface area contributed by atoms with Crippen molar-refractivity contribution < 1.29 is 4.84 Å². The van der Waals surface area contributed by atoms with Crippen molar-refractivity contribution in [1.82, 2.24) is 0 Å². The van der Waals surface area contributed by atoms with Gasteiger partial charge >= 0.3 is 0 Å². The Balaban J connectivity index is 3.25. The number of hydrogen-bond donors (Lipinski definition) is 0. The number of aryl methyl sites for hydroxylation is 1. The second kappa shape index (κ2) is 4.43. The number of benzene rings is 1. The first-order valence-electron chi connectivity index (χ1n) is 4.28. The average Bonchev–Trinajstić information content (AvgIpc) is 2.18. The molecule has 0 saturated carbocycles. The molecule has 0 aliphatic carbocycles. The molecule has 1 rings (SSSR count). The fourth-order valence-corrected chi connectivity index (χ4v) is 1.24. The van der Waals surface area contributed by atoms with Gasteiger partial charge in [0, 0.05) is 5.56 Å². The van der Waals surface area contributed by atoms with Gasteiger partial charge < -0.3 is 4.84 Å². The fraction of sp³-hybridized carbons (Fsp3) is 0.273. The quantitative estimate of drug-likeness (QED) is 0.527. The molecular formula is C11H12N2O. The first-order chi connectivity index (χ1) is 6.69. The summed E-state index contributed by atoms with van der Waals surface area (Å²) in [5, 5.41) is 12.7. The molecule has 1 aromatic carbocycles. The van der Waals surface area contributed by atoms with Crippen molar-refractivity contribution >= 4 is 5.71 Å². The molecule has 0 saturated heterocycles. The van der Waals surface area contributed by atoms with Crippen molar-refractivity contribution in [3.05, 3.63) is 34.9 Å². The highest BCUT2D eigenvalue weighted by Gasteiger charge is 2.05. The number of nitrogens with zero attached hydrogens (tertiary/aromatic N) is 2. The zero-order chi connectivity index (χ0) is 10.6. The van der Waals surface area contributed by atoms with Gasteiger partial charge in [-0.25, -0.2) is 0 Å². The Morgan fingerprint density at radius 2 is 2.21 bits per heavy atom. The van der Waals surface area contributed by atoms with Gasteiger partial charge in [0.25, 0.3) is 0 Å². The third kappa shape index (κ3) is 2.11. The lowest BCUT2D eigenvalue weighted by Gasteiger charge is -2.03. The van der Waals surface area contributed by atoms with Crippen LogP contribution in [0.3, 0.4) is 0 Å². The Labute approximate surface area is 83.6 Å². The summed E-state index contributed by atoms with van der Waals surface area (Å²) in [6, 6.07) is 7.75. The van der Waals surface area contributed by atoms with Crippen LogP contribution in [-0.4, -0.2) is 12.8 Å². The van der Waals surface area contributed by atoms with Crippen LogP contribution in [0.15, 0.2) is 23.4 Å². The maximum atomic E-state index is 8.88. The van der Waals surface area contributed by atoms with E-state index in [2.05, 4.69) is 16.1 Å². The molecule has 0 unspecified atom stereocenters. The molecule has 1 aromatic rings. The standard InChI is InChI=1S/C11H12N2O/c1-8-4-5-10(7-12)11(6-8)9(2)13-14-3/h4-6H,1-3H3. The summed E-state index contributed by atoms with van der Waals surface area (Å²) >= 11 is 0. The first-order valence-corrected chi connectivity index (χ1v) is 4.28. The second-order valence-electron chi connectivity index (χ2n) is 3.02. The van der Waals surface area contributed by atoms with Crippen LogP contribution in [-0.2, 0) is 4.84 Å². The number of oxime groups is 1. The van der Waals surface area contributed by atoms with Crippen molar-refractivity contribution in [2.75, 3.05) is 7.11 Å². The molecule has 3 nitrogen and oxygen atoms in total. The van der Waals surface area contributed by atoms with Gasteiger partial charge in [-0.2, -0.15) is 5.26 Å². The lowest BCUT2D eigenvalue weighted by molar-refractivity contribution is 0.213. The maximum absolute atomic E-state index is 8.88. The molecule has 0 spiro atoms. The highest BCUT2D eigenvalue weighted by atomic mass is 16.6. The summed E-state index contributed by atoms with van der Waals surface area (Å²) < 4.78 is 0. The summed E-state index contributed by atoms with van der Waals surface area (Å²) in [6.45, 7) is 3.80. The zero-order valence-electron chi connectivity index (χ0n) is 8.53. The van der Waals surface area contributed by atoms with E-state index in [4.69, 9.17) is 5.26 Å². The van der Waals surface area contributed by atoms with E-state index < -0.39 is 0 Å². The molecular weight excluding hydrogens is 176 g/mol. The molecule has 0 radical (unpaired) electrons. The average molecular weight is 188 g/mol. The summed E-state index contributed by atoms with van der Waals surface area (Å²) in [6.07, 6.45) is 0. The van der Waals surface area contributed by atoms with E-state index in [9.17, 15) is 0 Å². The fourth-order valence-electron chi connectivity index (χ4n) is 1.24. The highest BCUT2D eigenvalue weighted by Crippen LogP contribution is 2.12. The Morgan fingerprint density at radius 1 is 1.50 bits per heavy atom. The minimum Gasteiger partial charge on any atom is -0.399 e. The number of nitriles is 1. The van der Waals surface area contributed by atoms with E-state index in [0.717, 1.165) is 11.1 Å². The number of hydrogen-bond acceptors (Lipinski definition) is 3. The van der Waals surface area contributed by atoms with E-state index in [-0.39, 0.29) is 0 Å². The molecule has 3 heteroatoms. The van der Waals surface area contributed by atoms with Crippen LogP contribution in [0.5, 0.6) is 0 Å². The van der Waals surface area contributed by atoms with E-state index >= 15 is 0 Å². The lowest BCUT2D eigenvalue weighted by Crippen LogP contribution is -1.99. The van der Waals surface area contributed by atoms with E-state index in [1.165, 1.54) is 7.11 Å². The topological polar surface area (TPSA) is 45.4 Å². The lowest BCUT2D eigenvalue weighted by atomic mass is 10.0. The monoisotopic (exact) mass is 188 g/mol. The smallest absolute Gasteiger partial charge is 0.106 e. The molecule has 0 amide bonds. The van der Waals surface area contributed by atoms with Crippen LogP contribution in [0.1, 0.15) is 23.6 Å². The molecule has 0 aromatic heterocycles. The molecule has 14 heavy (non-hydrogen) atoms. The van der Waals surface area contributed by atoms with Crippen LogP contribution in [0.4, 0.5) is 0 Å².